The van der Waals surface area contributed by atoms with E-state index in [1.807, 2.05) is 30.3 Å². The van der Waals surface area contributed by atoms with Crippen molar-refractivity contribution in [1.29, 1.82) is 0 Å². The highest BCUT2D eigenvalue weighted by Crippen LogP contribution is 2.47. The second-order valence-corrected chi connectivity index (χ2v) is 8.68. The van der Waals surface area contributed by atoms with Gasteiger partial charge in [-0.05, 0) is 79.5 Å². The molecule has 0 spiro atoms. The summed E-state index contributed by atoms with van der Waals surface area (Å²) in [5, 5.41) is 19.9. The zero-order valence-electron chi connectivity index (χ0n) is 18.1. The second kappa shape index (κ2) is 9.13. The van der Waals surface area contributed by atoms with E-state index in [0.717, 1.165) is 34.7 Å². The van der Waals surface area contributed by atoms with Crippen molar-refractivity contribution in [3.8, 4) is 23.0 Å². The van der Waals surface area contributed by atoms with Crippen LogP contribution in [0.4, 0.5) is 0 Å². The second-order valence-electron chi connectivity index (χ2n) is 8.68. The van der Waals surface area contributed by atoms with Crippen LogP contribution in [0.1, 0.15) is 41.4 Å². The summed E-state index contributed by atoms with van der Waals surface area (Å²) in [4.78, 5) is 2.45. The molecule has 0 aliphatic carbocycles. The van der Waals surface area contributed by atoms with E-state index in [1.165, 1.54) is 25.9 Å². The number of hydrogen-bond acceptors (Lipinski definition) is 5. The van der Waals surface area contributed by atoms with E-state index in [1.54, 1.807) is 24.3 Å². The molecule has 5 heteroatoms. The van der Waals surface area contributed by atoms with E-state index >= 15 is 0 Å². The van der Waals surface area contributed by atoms with Gasteiger partial charge in [-0.3, -0.25) is 4.90 Å². The summed E-state index contributed by atoms with van der Waals surface area (Å²) < 4.78 is 12.0. The minimum Gasteiger partial charge on any atom is -0.508 e. The Labute approximate surface area is 188 Å². The largest absolute Gasteiger partial charge is 0.508 e. The number of ether oxygens (including phenoxy) is 2. The van der Waals surface area contributed by atoms with Gasteiger partial charge in [-0.25, -0.2) is 0 Å². The van der Waals surface area contributed by atoms with Crippen LogP contribution in [0.3, 0.4) is 0 Å². The lowest BCUT2D eigenvalue weighted by Gasteiger charge is -2.34. The number of nitrogens with zero attached hydrogens (tertiary/aromatic N) is 1. The normalized spacial score (nSPS) is 20.5. The van der Waals surface area contributed by atoms with Crippen molar-refractivity contribution >= 4 is 0 Å². The molecule has 2 aliphatic heterocycles. The van der Waals surface area contributed by atoms with E-state index in [0.29, 0.717) is 13.2 Å². The third-order valence-corrected chi connectivity index (χ3v) is 6.58. The van der Waals surface area contributed by atoms with Gasteiger partial charge in [0.05, 0.1) is 6.61 Å². The fourth-order valence-corrected chi connectivity index (χ4v) is 4.90. The highest BCUT2D eigenvalue weighted by atomic mass is 16.5. The summed E-state index contributed by atoms with van der Waals surface area (Å²) in [6, 6.07) is 20.9. The molecule has 0 saturated carbocycles. The Morgan fingerprint density at radius 3 is 2.28 bits per heavy atom. The minimum absolute atomic E-state index is 0.0223. The summed E-state index contributed by atoms with van der Waals surface area (Å²) in [6.45, 7) is 4.55. The van der Waals surface area contributed by atoms with Gasteiger partial charge in [-0.1, -0.05) is 24.3 Å². The monoisotopic (exact) mass is 431 g/mol. The first-order chi connectivity index (χ1) is 15.7. The molecule has 2 aliphatic rings. The molecule has 5 rings (SSSR count). The third kappa shape index (κ3) is 4.39. The number of hydrogen-bond donors (Lipinski definition) is 2. The quantitative estimate of drug-likeness (QED) is 0.582. The van der Waals surface area contributed by atoms with Gasteiger partial charge in [-0.2, -0.15) is 0 Å². The van der Waals surface area contributed by atoms with Crippen LogP contribution in [0.5, 0.6) is 23.0 Å². The number of phenolic OH excluding ortho intramolecular Hbond substituents is 2. The Hall–Kier alpha value is -3.18. The zero-order chi connectivity index (χ0) is 21.9. The lowest BCUT2D eigenvalue weighted by atomic mass is 9.76. The molecule has 5 nitrogen and oxygen atoms in total. The fraction of sp³-hybridized carbons (Fsp3) is 0.333. The van der Waals surface area contributed by atoms with Gasteiger partial charge in [0.25, 0.3) is 0 Å². The van der Waals surface area contributed by atoms with E-state index < -0.39 is 0 Å². The van der Waals surface area contributed by atoms with Crippen molar-refractivity contribution in [2.45, 2.75) is 24.7 Å². The molecule has 2 unspecified atom stereocenters. The van der Waals surface area contributed by atoms with E-state index in [4.69, 9.17) is 9.47 Å². The number of aromatic hydroxyl groups is 2. The molecule has 2 N–H and O–H groups in total. The average molecular weight is 432 g/mol. The van der Waals surface area contributed by atoms with Gasteiger partial charge in [0.1, 0.15) is 29.6 Å². The summed E-state index contributed by atoms with van der Waals surface area (Å²) in [5.41, 5.74) is 3.20. The first-order valence-electron chi connectivity index (χ1n) is 11.4. The minimum atomic E-state index is 0.0223. The van der Waals surface area contributed by atoms with Crippen LogP contribution in [0.15, 0.2) is 66.7 Å². The number of benzene rings is 3. The summed E-state index contributed by atoms with van der Waals surface area (Å²) in [5.74, 6) is 2.23. The Morgan fingerprint density at radius 1 is 0.844 bits per heavy atom. The Bertz CT molecular complexity index is 1040. The molecule has 0 radical (unpaired) electrons. The van der Waals surface area contributed by atoms with Gasteiger partial charge >= 0.3 is 0 Å². The molecule has 2 atom stereocenters. The van der Waals surface area contributed by atoms with E-state index in [2.05, 4.69) is 17.0 Å². The Kier molecular flexibility index (Phi) is 5.91. The predicted octanol–water partition coefficient (Wildman–Crippen LogP) is 4.88. The highest BCUT2D eigenvalue weighted by molar-refractivity contribution is 5.51. The van der Waals surface area contributed by atoms with E-state index in [9.17, 15) is 10.2 Å². The van der Waals surface area contributed by atoms with Crippen molar-refractivity contribution in [1.82, 2.24) is 4.90 Å². The highest BCUT2D eigenvalue weighted by Gasteiger charge is 2.33. The number of likely N-dealkylation sites (tertiary alicyclic amines) is 1. The van der Waals surface area contributed by atoms with Crippen LogP contribution >= 0.6 is 0 Å². The number of phenols is 2. The first kappa shape index (κ1) is 20.7. The molecular weight excluding hydrogens is 402 g/mol. The molecule has 0 amide bonds. The van der Waals surface area contributed by atoms with Gasteiger partial charge in [0.2, 0.25) is 0 Å². The molecule has 0 bridgehead atoms. The van der Waals surface area contributed by atoms with Gasteiger partial charge < -0.3 is 19.7 Å². The predicted molar refractivity (Wildman–Crippen MR) is 124 cm³/mol. The molecule has 3 aromatic rings. The lowest BCUT2D eigenvalue weighted by molar-refractivity contribution is 0.237. The molecular formula is C27H29NO4. The molecule has 1 fully saturated rings. The molecule has 166 valence electrons. The van der Waals surface area contributed by atoms with Gasteiger partial charge in [-0.15, -0.1) is 0 Å². The topological polar surface area (TPSA) is 62.2 Å². The number of fused-ring (bicyclic) bond motifs is 1. The summed E-state index contributed by atoms with van der Waals surface area (Å²) in [6.07, 6.45) is 2.58. The maximum Gasteiger partial charge on any atom is 0.123 e. The zero-order valence-corrected chi connectivity index (χ0v) is 18.1. The maximum atomic E-state index is 10.2. The average Bonchev–Trinajstić information content (AvgIpc) is 3.33. The first-order valence-corrected chi connectivity index (χ1v) is 11.4. The van der Waals surface area contributed by atoms with Crippen molar-refractivity contribution < 1.29 is 19.7 Å². The third-order valence-electron chi connectivity index (χ3n) is 6.58. The molecule has 3 aromatic carbocycles. The number of rotatable bonds is 6. The van der Waals surface area contributed by atoms with Crippen molar-refractivity contribution in [2.24, 2.45) is 0 Å². The van der Waals surface area contributed by atoms with Crippen LogP contribution in [0, 0.1) is 0 Å². The van der Waals surface area contributed by atoms with Gasteiger partial charge in [0, 0.05) is 23.9 Å². The van der Waals surface area contributed by atoms with Crippen LogP contribution in [-0.4, -0.2) is 48.0 Å². The van der Waals surface area contributed by atoms with Gasteiger partial charge in [0.15, 0.2) is 0 Å². The van der Waals surface area contributed by atoms with Crippen LogP contribution < -0.4 is 9.47 Å². The molecule has 1 saturated heterocycles. The molecule has 0 aromatic heterocycles. The smallest absolute Gasteiger partial charge is 0.123 e. The van der Waals surface area contributed by atoms with Crippen LogP contribution in [-0.2, 0) is 0 Å². The lowest BCUT2D eigenvalue weighted by Crippen LogP contribution is -2.25. The van der Waals surface area contributed by atoms with E-state index in [-0.39, 0.29) is 23.3 Å². The Morgan fingerprint density at radius 2 is 1.53 bits per heavy atom. The van der Waals surface area contributed by atoms with Crippen LogP contribution in [0.2, 0.25) is 0 Å². The van der Waals surface area contributed by atoms with Crippen molar-refractivity contribution in [3.63, 3.8) is 0 Å². The van der Waals surface area contributed by atoms with Crippen molar-refractivity contribution in [2.75, 3.05) is 32.8 Å². The SMILES string of the molecule is Oc1ccc(C2COc3ccc(O)cc3C2c2ccc(OCCN3CCCC3)cc2)cc1. The standard InChI is InChI=1S/C27H29NO4/c29-21-7-3-19(4-8-21)25-18-32-26-12-9-22(30)17-24(26)27(25)20-5-10-23(11-6-20)31-16-15-28-13-1-2-14-28/h3-12,17,25,27,29-30H,1-2,13-16,18H2. The summed E-state index contributed by atoms with van der Waals surface area (Å²) >= 11 is 0. The van der Waals surface area contributed by atoms with Crippen LogP contribution in [0.25, 0.3) is 0 Å². The molecule has 32 heavy (non-hydrogen) atoms. The van der Waals surface area contributed by atoms with Crippen molar-refractivity contribution in [3.05, 3.63) is 83.4 Å². The maximum absolute atomic E-state index is 10.2. The molecule has 2 heterocycles. The summed E-state index contributed by atoms with van der Waals surface area (Å²) in [7, 11) is 0. The Balaban J connectivity index is 1.40. The fourth-order valence-electron chi connectivity index (χ4n) is 4.90.